The molecule has 0 aliphatic heterocycles. The lowest BCUT2D eigenvalue weighted by Crippen LogP contribution is -2.05. The summed E-state index contributed by atoms with van der Waals surface area (Å²) in [6.45, 7) is 6.73. The van der Waals surface area contributed by atoms with Crippen LogP contribution in [0.3, 0.4) is 0 Å². The fourth-order valence-electron chi connectivity index (χ4n) is 0.123. The van der Waals surface area contributed by atoms with E-state index in [0.717, 1.165) is 5.92 Å². The van der Waals surface area contributed by atoms with Crippen molar-refractivity contribution in [2.45, 2.75) is 27.2 Å². The van der Waals surface area contributed by atoms with Gasteiger partial charge in [0.1, 0.15) is 0 Å². The van der Waals surface area contributed by atoms with Gasteiger partial charge in [0.15, 0.2) is 0 Å². The predicted octanol–water partition coefficient (Wildman–Crippen LogP) is 1.08. The first kappa shape index (κ1) is 12.1. The molecule has 0 amide bonds. The molecule has 0 unspecified atom stereocenters. The quantitative estimate of drug-likeness (QED) is 0.614. The molecule has 0 spiro atoms. The van der Waals surface area contributed by atoms with Gasteiger partial charge in [-0.1, -0.05) is 20.8 Å². The second-order valence-corrected chi connectivity index (χ2v) is 2.66. The number of rotatable bonds is 2. The number of carbonyl (C=O) groups is 1. The third-order valence-corrected chi connectivity index (χ3v) is 0.358. The topological polar surface area (TPSA) is 63.3 Å². The monoisotopic (exact) mass is 147 g/mol. The fraction of sp³-hybridized carbons (Fsp3) is 0.857. The number of nitrogens with two attached hydrogens (primary N) is 1. The average Bonchev–Trinajstić information content (AvgIpc) is 1.62. The van der Waals surface area contributed by atoms with Crippen molar-refractivity contribution in [2.24, 2.45) is 11.7 Å². The van der Waals surface area contributed by atoms with Gasteiger partial charge in [0.25, 0.3) is 0 Å². The highest BCUT2D eigenvalue weighted by atomic mass is 16.4. The van der Waals surface area contributed by atoms with Crippen molar-refractivity contribution in [1.29, 1.82) is 0 Å². The van der Waals surface area contributed by atoms with Crippen LogP contribution in [0.1, 0.15) is 27.2 Å². The Morgan fingerprint density at radius 3 is 1.80 bits per heavy atom. The van der Waals surface area contributed by atoms with E-state index in [1.165, 1.54) is 0 Å². The highest BCUT2D eigenvalue weighted by molar-refractivity contribution is 5.66. The van der Waals surface area contributed by atoms with Crippen LogP contribution in [0.4, 0.5) is 0 Å². The average molecular weight is 147 g/mol. The Bertz CT molecular complexity index is 78.9. The SMILES string of the molecule is CC(C)C.NCCC(=O)O. The minimum atomic E-state index is -0.836. The molecule has 10 heavy (non-hydrogen) atoms. The van der Waals surface area contributed by atoms with E-state index in [-0.39, 0.29) is 13.0 Å². The Hall–Kier alpha value is -0.570. The number of hydrogen-bond acceptors (Lipinski definition) is 2. The van der Waals surface area contributed by atoms with Crippen molar-refractivity contribution in [1.82, 2.24) is 0 Å². The maximum atomic E-state index is 9.52. The van der Waals surface area contributed by atoms with E-state index in [9.17, 15) is 4.79 Å². The van der Waals surface area contributed by atoms with Crippen LogP contribution in [-0.4, -0.2) is 17.6 Å². The molecular formula is C7H17NO2. The van der Waals surface area contributed by atoms with Gasteiger partial charge in [-0.2, -0.15) is 0 Å². The number of aliphatic carboxylic acids is 1. The maximum absolute atomic E-state index is 9.52. The summed E-state index contributed by atoms with van der Waals surface area (Å²) < 4.78 is 0. The zero-order valence-corrected chi connectivity index (χ0v) is 6.92. The van der Waals surface area contributed by atoms with E-state index in [0.29, 0.717) is 0 Å². The lowest BCUT2D eigenvalue weighted by Gasteiger charge is -1.80. The van der Waals surface area contributed by atoms with Crippen molar-refractivity contribution in [2.75, 3.05) is 6.54 Å². The largest absolute Gasteiger partial charge is 0.481 e. The summed E-state index contributed by atoms with van der Waals surface area (Å²) in [5.74, 6) is -0.00231. The van der Waals surface area contributed by atoms with Crippen LogP contribution in [0.2, 0.25) is 0 Å². The van der Waals surface area contributed by atoms with Gasteiger partial charge in [-0.05, 0) is 5.92 Å². The van der Waals surface area contributed by atoms with Gasteiger partial charge in [0, 0.05) is 6.54 Å². The molecule has 0 atom stereocenters. The smallest absolute Gasteiger partial charge is 0.304 e. The lowest BCUT2D eigenvalue weighted by molar-refractivity contribution is -0.136. The molecule has 0 bridgehead atoms. The molecule has 0 aromatic carbocycles. The normalized spacial score (nSPS) is 8.50. The van der Waals surface area contributed by atoms with Crippen molar-refractivity contribution in [3.8, 4) is 0 Å². The van der Waals surface area contributed by atoms with E-state index in [1.807, 2.05) is 0 Å². The molecule has 0 aliphatic rings. The lowest BCUT2D eigenvalue weighted by atomic mass is 10.3. The zero-order chi connectivity index (χ0) is 8.57. The van der Waals surface area contributed by atoms with Crippen molar-refractivity contribution >= 4 is 5.97 Å². The van der Waals surface area contributed by atoms with Crippen LogP contribution in [0.5, 0.6) is 0 Å². The van der Waals surface area contributed by atoms with Gasteiger partial charge in [-0.25, -0.2) is 0 Å². The molecule has 0 fully saturated rings. The van der Waals surface area contributed by atoms with Crippen LogP contribution in [-0.2, 0) is 4.79 Å². The number of carboxylic acid groups (broad SMARTS) is 1. The van der Waals surface area contributed by atoms with Crippen LogP contribution in [0, 0.1) is 5.92 Å². The van der Waals surface area contributed by atoms with Crippen molar-refractivity contribution in [3.05, 3.63) is 0 Å². The van der Waals surface area contributed by atoms with E-state index in [4.69, 9.17) is 10.8 Å². The molecule has 0 aromatic heterocycles. The summed E-state index contributed by atoms with van der Waals surface area (Å²) in [6, 6.07) is 0. The Morgan fingerprint density at radius 2 is 1.80 bits per heavy atom. The summed E-state index contributed by atoms with van der Waals surface area (Å²) in [5, 5.41) is 7.83. The zero-order valence-electron chi connectivity index (χ0n) is 6.92. The highest BCUT2D eigenvalue weighted by Gasteiger charge is 1.87. The first-order valence-corrected chi connectivity index (χ1v) is 3.42. The third kappa shape index (κ3) is 52.0. The summed E-state index contributed by atoms with van der Waals surface area (Å²) in [7, 11) is 0. The van der Waals surface area contributed by atoms with Gasteiger partial charge in [0.2, 0.25) is 0 Å². The first-order chi connectivity index (χ1) is 4.50. The van der Waals surface area contributed by atoms with Gasteiger partial charge in [-0.15, -0.1) is 0 Å². The summed E-state index contributed by atoms with van der Waals surface area (Å²) >= 11 is 0. The molecule has 0 aromatic rings. The van der Waals surface area contributed by atoms with Gasteiger partial charge in [-0.3, -0.25) is 4.79 Å². The molecule has 62 valence electrons. The second kappa shape index (κ2) is 8.43. The van der Waals surface area contributed by atoms with Crippen LogP contribution in [0.25, 0.3) is 0 Å². The van der Waals surface area contributed by atoms with Crippen LogP contribution in [0.15, 0.2) is 0 Å². The Balaban J connectivity index is 0. The molecule has 0 aliphatic carbocycles. The highest BCUT2D eigenvalue weighted by Crippen LogP contribution is 1.81. The molecule has 3 N–H and O–H groups in total. The molecule has 0 heterocycles. The molecule has 0 saturated heterocycles. The number of carboxylic acids is 1. The molecule has 0 radical (unpaired) electrons. The van der Waals surface area contributed by atoms with Gasteiger partial charge >= 0.3 is 5.97 Å². The Morgan fingerprint density at radius 1 is 1.50 bits per heavy atom. The minimum Gasteiger partial charge on any atom is -0.481 e. The standard InChI is InChI=1S/C4H10.C3H7NO2/c1-4(2)3;4-2-1-3(5)6/h4H,1-3H3;1-2,4H2,(H,5,6). The van der Waals surface area contributed by atoms with Crippen molar-refractivity contribution in [3.63, 3.8) is 0 Å². The van der Waals surface area contributed by atoms with Crippen LogP contribution >= 0.6 is 0 Å². The van der Waals surface area contributed by atoms with E-state index >= 15 is 0 Å². The van der Waals surface area contributed by atoms with E-state index in [1.54, 1.807) is 0 Å². The van der Waals surface area contributed by atoms with Gasteiger partial charge < -0.3 is 10.8 Å². The predicted molar refractivity (Wildman–Crippen MR) is 41.8 cm³/mol. The summed E-state index contributed by atoms with van der Waals surface area (Å²) in [6.07, 6.45) is 0.0694. The Kier molecular flexibility index (Phi) is 10.2. The third-order valence-electron chi connectivity index (χ3n) is 0.358. The molecule has 3 nitrogen and oxygen atoms in total. The molecule has 0 rings (SSSR count). The van der Waals surface area contributed by atoms with E-state index < -0.39 is 5.97 Å². The second-order valence-electron chi connectivity index (χ2n) is 2.66. The van der Waals surface area contributed by atoms with Crippen LogP contribution < -0.4 is 5.73 Å². The summed E-state index contributed by atoms with van der Waals surface area (Å²) in [4.78, 5) is 9.52. The maximum Gasteiger partial charge on any atom is 0.304 e. The molecule has 0 saturated carbocycles. The van der Waals surface area contributed by atoms with Gasteiger partial charge in [0.05, 0.1) is 6.42 Å². The number of hydrogen-bond donors (Lipinski definition) is 2. The minimum absolute atomic E-state index is 0.0694. The summed E-state index contributed by atoms with van der Waals surface area (Å²) in [5.41, 5.74) is 4.85. The fourth-order valence-corrected chi connectivity index (χ4v) is 0.123. The Labute approximate surface area is 62.2 Å². The van der Waals surface area contributed by atoms with E-state index in [2.05, 4.69) is 20.8 Å². The molecular weight excluding hydrogens is 130 g/mol. The molecule has 3 heteroatoms. The first-order valence-electron chi connectivity index (χ1n) is 3.42. The van der Waals surface area contributed by atoms with Crippen molar-refractivity contribution < 1.29 is 9.90 Å².